The first-order valence-corrected chi connectivity index (χ1v) is 5.05. The number of carbonyl (C=O) groups is 1. The van der Waals surface area contributed by atoms with Crippen molar-refractivity contribution < 1.29 is 9.18 Å². The zero-order valence-electron chi connectivity index (χ0n) is 8.20. The lowest BCUT2D eigenvalue weighted by molar-refractivity contribution is 0.0784. The van der Waals surface area contributed by atoms with Gasteiger partial charge in [-0.25, -0.2) is 9.37 Å². The average Bonchev–Trinajstić information content (AvgIpc) is 3.03. The molecule has 0 N–H and O–H groups in total. The Morgan fingerprint density at radius 3 is 2.87 bits per heavy atom. The molecule has 80 valence electrons. The number of hydrogen-bond donors (Lipinski definition) is 0. The molecule has 1 fully saturated rings. The summed E-state index contributed by atoms with van der Waals surface area (Å²) in [4.78, 5) is 17.0. The van der Waals surface area contributed by atoms with Crippen LogP contribution in [0, 0.1) is 5.82 Å². The summed E-state index contributed by atoms with van der Waals surface area (Å²) in [5.41, 5.74) is 0.242. The topological polar surface area (TPSA) is 33.2 Å². The third kappa shape index (κ3) is 2.09. The maximum absolute atomic E-state index is 13.1. The Labute approximate surface area is 91.9 Å². The van der Waals surface area contributed by atoms with Crippen molar-refractivity contribution in [1.29, 1.82) is 0 Å². The van der Waals surface area contributed by atoms with Crippen LogP contribution in [-0.4, -0.2) is 28.9 Å². The van der Waals surface area contributed by atoms with Gasteiger partial charge in [0.1, 0.15) is 0 Å². The van der Waals surface area contributed by atoms with Crippen LogP contribution in [0.3, 0.4) is 0 Å². The van der Waals surface area contributed by atoms with Crippen LogP contribution in [-0.2, 0) is 0 Å². The number of nitrogens with zero attached hydrogens (tertiary/aromatic N) is 2. The van der Waals surface area contributed by atoms with Crippen molar-refractivity contribution in [1.82, 2.24) is 9.88 Å². The zero-order chi connectivity index (χ0) is 11.0. The molecule has 3 nitrogen and oxygen atoms in total. The molecular weight excluding hydrogens is 219 g/mol. The summed E-state index contributed by atoms with van der Waals surface area (Å²) in [6, 6.07) is 1.42. The minimum Gasteiger partial charge on any atom is -0.339 e. The fourth-order valence-electron chi connectivity index (χ4n) is 1.37. The predicted molar refractivity (Wildman–Crippen MR) is 54.3 cm³/mol. The molecule has 1 amide bonds. The molecule has 5 heteroatoms. The van der Waals surface area contributed by atoms with Crippen molar-refractivity contribution in [3.63, 3.8) is 0 Å². The molecule has 1 saturated carbocycles. The lowest BCUT2D eigenvalue weighted by Crippen LogP contribution is -2.28. The molecule has 0 unspecified atom stereocenters. The first-order chi connectivity index (χ1) is 7.09. The minimum atomic E-state index is -0.660. The maximum Gasteiger partial charge on any atom is 0.255 e. The molecule has 0 atom stereocenters. The van der Waals surface area contributed by atoms with Crippen LogP contribution in [0.5, 0.6) is 0 Å². The molecule has 1 aromatic heterocycles. The molecule has 1 aliphatic carbocycles. The van der Waals surface area contributed by atoms with Gasteiger partial charge in [0.25, 0.3) is 5.91 Å². The summed E-state index contributed by atoms with van der Waals surface area (Å²) in [5.74, 6) is -0.868. The van der Waals surface area contributed by atoms with Gasteiger partial charge in [0, 0.05) is 19.3 Å². The van der Waals surface area contributed by atoms with E-state index in [1.54, 1.807) is 11.9 Å². The molecule has 0 bridgehead atoms. The molecule has 2 rings (SSSR count). The van der Waals surface area contributed by atoms with Crippen LogP contribution in [0.4, 0.5) is 4.39 Å². The van der Waals surface area contributed by atoms with Gasteiger partial charge in [-0.05, 0) is 18.9 Å². The van der Waals surface area contributed by atoms with E-state index in [-0.39, 0.29) is 16.6 Å². The van der Waals surface area contributed by atoms with Crippen molar-refractivity contribution in [2.45, 2.75) is 18.9 Å². The van der Waals surface area contributed by atoms with Crippen molar-refractivity contribution in [2.24, 2.45) is 0 Å². The van der Waals surface area contributed by atoms with Crippen molar-refractivity contribution in [3.05, 3.63) is 28.8 Å². The quantitative estimate of drug-likeness (QED) is 0.727. The third-order valence-corrected chi connectivity index (χ3v) is 2.74. The van der Waals surface area contributed by atoms with E-state index in [4.69, 9.17) is 11.6 Å². The largest absolute Gasteiger partial charge is 0.339 e. The van der Waals surface area contributed by atoms with Gasteiger partial charge >= 0.3 is 0 Å². The Balaban J connectivity index is 2.21. The minimum absolute atomic E-state index is 0.208. The van der Waals surface area contributed by atoms with E-state index in [0.29, 0.717) is 6.04 Å². The highest BCUT2D eigenvalue weighted by molar-refractivity contribution is 6.29. The van der Waals surface area contributed by atoms with Gasteiger partial charge in [-0.1, -0.05) is 11.6 Å². The van der Waals surface area contributed by atoms with Gasteiger partial charge in [0.2, 0.25) is 0 Å². The smallest absolute Gasteiger partial charge is 0.255 e. The zero-order valence-corrected chi connectivity index (χ0v) is 8.96. The van der Waals surface area contributed by atoms with E-state index in [0.717, 1.165) is 18.9 Å². The lowest BCUT2D eigenvalue weighted by Gasteiger charge is -2.15. The highest BCUT2D eigenvalue weighted by atomic mass is 35.5. The molecule has 1 heterocycles. The van der Waals surface area contributed by atoms with Gasteiger partial charge in [-0.3, -0.25) is 4.79 Å². The molecule has 1 aromatic rings. The number of halogens is 2. The molecular formula is C10H10ClFN2O. The third-order valence-electron chi connectivity index (χ3n) is 2.46. The lowest BCUT2D eigenvalue weighted by atomic mass is 10.2. The number of hydrogen-bond acceptors (Lipinski definition) is 2. The summed E-state index contributed by atoms with van der Waals surface area (Å²) >= 11 is 5.43. The van der Waals surface area contributed by atoms with Crippen LogP contribution in [0.1, 0.15) is 23.2 Å². The Morgan fingerprint density at radius 2 is 2.33 bits per heavy atom. The highest BCUT2D eigenvalue weighted by Gasteiger charge is 2.30. The van der Waals surface area contributed by atoms with E-state index in [9.17, 15) is 9.18 Å². The van der Waals surface area contributed by atoms with Crippen molar-refractivity contribution in [2.75, 3.05) is 7.05 Å². The van der Waals surface area contributed by atoms with Gasteiger partial charge in [0.15, 0.2) is 11.0 Å². The van der Waals surface area contributed by atoms with Gasteiger partial charge < -0.3 is 4.90 Å². The monoisotopic (exact) mass is 228 g/mol. The molecule has 0 radical (unpaired) electrons. The summed E-state index contributed by atoms with van der Waals surface area (Å²) in [5, 5.41) is -0.208. The van der Waals surface area contributed by atoms with Crippen LogP contribution in [0.2, 0.25) is 5.15 Å². The fourth-order valence-corrected chi connectivity index (χ4v) is 1.47. The van der Waals surface area contributed by atoms with Crippen molar-refractivity contribution >= 4 is 17.5 Å². The Hall–Kier alpha value is -1.16. The summed E-state index contributed by atoms with van der Waals surface area (Å²) < 4.78 is 13.1. The van der Waals surface area contributed by atoms with E-state index in [1.807, 2.05) is 0 Å². The van der Waals surface area contributed by atoms with Crippen molar-refractivity contribution in [3.8, 4) is 0 Å². The highest BCUT2D eigenvalue weighted by Crippen LogP contribution is 2.26. The average molecular weight is 229 g/mol. The molecule has 15 heavy (non-hydrogen) atoms. The number of aromatic nitrogens is 1. The van der Waals surface area contributed by atoms with E-state index < -0.39 is 5.82 Å². The number of amides is 1. The Morgan fingerprint density at radius 1 is 1.67 bits per heavy atom. The number of carbonyl (C=O) groups excluding carboxylic acids is 1. The molecule has 0 aliphatic heterocycles. The molecule has 0 saturated heterocycles. The predicted octanol–water partition coefficient (Wildman–Crippen LogP) is 2.11. The summed E-state index contributed by atoms with van der Waals surface area (Å²) in [7, 11) is 1.71. The molecule has 1 aliphatic rings. The second kappa shape index (κ2) is 3.77. The van der Waals surface area contributed by atoms with Crippen LogP contribution in [0.15, 0.2) is 12.3 Å². The Kier molecular flexibility index (Phi) is 2.61. The van der Waals surface area contributed by atoms with E-state index >= 15 is 0 Å². The number of rotatable bonds is 2. The summed E-state index contributed by atoms with van der Waals surface area (Å²) in [6.07, 6.45) is 3.34. The number of pyridine rings is 1. The second-order valence-electron chi connectivity index (χ2n) is 3.64. The Bertz CT molecular complexity index is 406. The summed E-state index contributed by atoms with van der Waals surface area (Å²) in [6.45, 7) is 0. The SMILES string of the molecule is CN(C(=O)c1cnc(Cl)c(F)c1)C1CC1. The molecule has 0 aromatic carbocycles. The van der Waals surface area contributed by atoms with Crippen LogP contribution in [0.25, 0.3) is 0 Å². The fraction of sp³-hybridized carbons (Fsp3) is 0.400. The normalized spacial score (nSPS) is 15.1. The van der Waals surface area contributed by atoms with Gasteiger partial charge in [-0.15, -0.1) is 0 Å². The maximum atomic E-state index is 13.1. The second-order valence-corrected chi connectivity index (χ2v) is 4.00. The first-order valence-electron chi connectivity index (χ1n) is 4.68. The van der Waals surface area contributed by atoms with Gasteiger partial charge in [0.05, 0.1) is 5.56 Å². The van der Waals surface area contributed by atoms with Gasteiger partial charge in [-0.2, -0.15) is 0 Å². The molecule has 0 spiro atoms. The van der Waals surface area contributed by atoms with Crippen LogP contribution < -0.4 is 0 Å². The first kappa shape index (κ1) is 10.4. The van der Waals surface area contributed by atoms with Crippen LogP contribution >= 0.6 is 11.6 Å². The van der Waals surface area contributed by atoms with E-state index in [1.165, 1.54) is 6.20 Å². The standard InChI is InChI=1S/C10H10ClFN2O/c1-14(7-2-3-7)10(15)6-4-8(12)9(11)13-5-6/h4-5,7H,2-3H2,1H3. The van der Waals surface area contributed by atoms with E-state index in [2.05, 4.69) is 4.98 Å².